The first kappa shape index (κ1) is 15.0. The number of nitrogens with one attached hydrogen (secondary N) is 2. The number of phenols is 1. The van der Waals surface area contributed by atoms with Gasteiger partial charge in [-0.3, -0.25) is 14.4 Å². The summed E-state index contributed by atoms with van der Waals surface area (Å²) in [4.78, 5) is 43.7. The maximum absolute atomic E-state index is 12.1. The topological polar surface area (TPSA) is 115 Å². The Balaban J connectivity index is 1.74. The van der Waals surface area contributed by atoms with E-state index < -0.39 is 0 Å². The predicted octanol–water partition coefficient (Wildman–Crippen LogP) is -0.480. The first-order valence-electron chi connectivity index (χ1n) is 7.30. The van der Waals surface area contributed by atoms with E-state index >= 15 is 0 Å². The Morgan fingerprint density at radius 1 is 1.35 bits per heavy atom. The largest absolute Gasteiger partial charge is 0.506 e. The average molecular weight is 316 g/mol. The van der Waals surface area contributed by atoms with Crippen LogP contribution in [0.4, 0.5) is 0 Å². The zero-order chi connectivity index (χ0) is 16.4. The van der Waals surface area contributed by atoms with E-state index in [1.807, 2.05) is 0 Å². The van der Waals surface area contributed by atoms with Crippen LogP contribution in [0.3, 0.4) is 0 Å². The summed E-state index contributed by atoms with van der Waals surface area (Å²) in [7, 11) is 0. The first-order chi connectivity index (χ1) is 11.0. The monoisotopic (exact) mass is 316 g/mol. The fraction of sp³-hybridized carbons (Fsp3) is 0.333. The number of aromatic nitrogens is 2. The van der Waals surface area contributed by atoms with Crippen molar-refractivity contribution in [2.75, 3.05) is 19.6 Å². The third-order valence-electron chi connectivity index (χ3n) is 3.73. The molecule has 1 fully saturated rings. The predicted molar refractivity (Wildman–Crippen MR) is 81.9 cm³/mol. The van der Waals surface area contributed by atoms with Crippen molar-refractivity contribution in [1.29, 1.82) is 0 Å². The Hall–Kier alpha value is -2.90. The number of benzene rings is 1. The number of piperazine rings is 1. The van der Waals surface area contributed by atoms with Crippen molar-refractivity contribution in [1.82, 2.24) is 20.2 Å². The molecule has 2 amide bonds. The van der Waals surface area contributed by atoms with E-state index in [4.69, 9.17) is 0 Å². The van der Waals surface area contributed by atoms with Gasteiger partial charge in [0.25, 0.3) is 5.56 Å². The van der Waals surface area contributed by atoms with E-state index in [0.717, 1.165) is 0 Å². The Morgan fingerprint density at radius 2 is 2.17 bits per heavy atom. The van der Waals surface area contributed by atoms with Crippen LogP contribution < -0.4 is 10.9 Å². The highest BCUT2D eigenvalue weighted by Crippen LogP contribution is 2.19. The molecule has 2 heterocycles. The van der Waals surface area contributed by atoms with Gasteiger partial charge in [0.2, 0.25) is 11.8 Å². The van der Waals surface area contributed by atoms with Crippen molar-refractivity contribution in [3.05, 3.63) is 34.4 Å². The van der Waals surface area contributed by atoms with Gasteiger partial charge >= 0.3 is 0 Å². The van der Waals surface area contributed by atoms with Crippen molar-refractivity contribution in [3.8, 4) is 5.75 Å². The number of para-hydroxylation sites is 1. The molecule has 0 saturated carbocycles. The Morgan fingerprint density at radius 3 is 2.96 bits per heavy atom. The van der Waals surface area contributed by atoms with Crippen LogP contribution in [0.5, 0.6) is 5.75 Å². The number of aromatic amines is 1. The Bertz CT molecular complexity index is 830. The molecule has 0 spiro atoms. The zero-order valence-corrected chi connectivity index (χ0v) is 12.3. The maximum atomic E-state index is 12.1. The number of aryl methyl sites for hydroxylation is 1. The minimum atomic E-state index is -0.356. The molecule has 0 aliphatic carbocycles. The molecule has 8 heteroatoms. The van der Waals surface area contributed by atoms with Crippen LogP contribution in [0, 0.1) is 0 Å². The molecule has 3 N–H and O–H groups in total. The number of H-pyrrole nitrogens is 1. The number of carbonyl (C=O) groups is 2. The van der Waals surface area contributed by atoms with Gasteiger partial charge in [0.15, 0.2) is 0 Å². The summed E-state index contributed by atoms with van der Waals surface area (Å²) in [5, 5.41) is 12.7. The molecule has 23 heavy (non-hydrogen) atoms. The van der Waals surface area contributed by atoms with E-state index in [0.29, 0.717) is 24.3 Å². The molecule has 3 rings (SSSR count). The number of nitrogens with zero attached hydrogens (tertiary/aromatic N) is 2. The van der Waals surface area contributed by atoms with E-state index in [9.17, 15) is 19.5 Å². The molecule has 8 nitrogen and oxygen atoms in total. The Labute approximate surface area is 131 Å². The smallest absolute Gasteiger partial charge is 0.258 e. The number of carbonyl (C=O) groups excluding carboxylic acids is 2. The van der Waals surface area contributed by atoms with E-state index in [1.165, 1.54) is 11.0 Å². The normalized spacial score (nSPS) is 14.8. The first-order valence-corrected chi connectivity index (χ1v) is 7.30. The molecular formula is C15H16N4O4. The lowest BCUT2D eigenvalue weighted by molar-refractivity contribution is -0.138. The van der Waals surface area contributed by atoms with Crippen LogP contribution in [-0.2, 0) is 16.0 Å². The molecule has 1 aliphatic heterocycles. The molecule has 2 aromatic rings. The van der Waals surface area contributed by atoms with Gasteiger partial charge in [-0.05, 0) is 12.1 Å². The molecule has 1 saturated heterocycles. The summed E-state index contributed by atoms with van der Waals surface area (Å²) in [6.07, 6.45) is 0.367. The molecule has 1 aliphatic rings. The van der Waals surface area contributed by atoms with Crippen molar-refractivity contribution >= 4 is 22.7 Å². The molecule has 0 radical (unpaired) electrons. The summed E-state index contributed by atoms with van der Waals surface area (Å²) < 4.78 is 0. The molecular weight excluding hydrogens is 300 g/mol. The quantitative estimate of drug-likeness (QED) is 0.707. The summed E-state index contributed by atoms with van der Waals surface area (Å²) in [6.45, 7) is 0.984. The van der Waals surface area contributed by atoms with E-state index in [-0.39, 0.29) is 48.0 Å². The molecule has 120 valence electrons. The lowest BCUT2D eigenvalue weighted by atomic mass is 10.2. The van der Waals surface area contributed by atoms with E-state index in [2.05, 4.69) is 15.3 Å². The number of amides is 2. The highest BCUT2D eigenvalue weighted by atomic mass is 16.3. The highest BCUT2D eigenvalue weighted by molar-refractivity contribution is 5.86. The van der Waals surface area contributed by atoms with Crippen LogP contribution in [0.1, 0.15) is 12.2 Å². The molecule has 1 aromatic heterocycles. The summed E-state index contributed by atoms with van der Waals surface area (Å²) >= 11 is 0. The highest BCUT2D eigenvalue weighted by Gasteiger charge is 2.21. The standard InChI is InChI=1S/C15H16N4O4/c20-10-3-1-2-9-14(10)17-11(18-15(9)23)4-5-13(22)19-7-6-16-12(21)8-19/h1-3,20H,4-8H2,(H,16,21)(H,17,18,23). The fourth-order valence-electron chi connectivity index (χ4n) is 2.55. The van der Waals surface area contributed by atoms with Crippen molar-refractivity contribution in [3.63, 3.8) is 0 Å². The number of aromatic hydroxyl groups is 1. The molecule has 1 aromatic carbocycles. The van der Waals surface area contributed by atoms with Crippen LogP contribution >= 0.6 is 0 Å². The Kier molecular flexibility index (Phi) is 3.96. The van der Waals surface area contributed by atoms with Crippen molar-refractivity contribution < 1.29 is 14.7 Å². The average Bonchev–Trinajstić information content (AvgIpc) is 2.53. The summed E-state index contributed by atoms with van der Waals surface area (Å²) in [5.41, 5.74) is -0.137. The SMILES string of the molecule is O=C1CN(C(=O)CCc2nc3c(O)cccc3c(=O)[nH]2)CCN1. The van der Waals surface area contributed by atoms with Crippen molar-refractivity contribution in [2.24, 2.45) is 0 Å². The second-order valence-electron chi connectivity index (χ2n) is 5.35. The number of hydrogen-bond donors (Lipinski definition) is 3. The maximum Gasteiger partial charge on any atom is 0.258 e. The zero-order valence-electron chi connectivity index (χ0n) is 12.3. The number of fused-ring (bicyclic) bond motifs is 1. The van der Waals surface area contributed by atoms with Gasteiger partial charge in [0.1, 0.15) is 17.1 Å². The lowest BCUT2D eigenvalue weighted by Gasteiger charge is -2.26. The minimum Gasteiger partial charge on any atom is -0.506 e. The molecule has 0 unspecified atom stereocenters. The van der Waals surface area contributed by atoms with Gasteiger partial charge in [-0.2, -0.15) is 0 Å². The second kappa shape index (κ2) is 6.07. The van der Waals surface area contributed by atoms with Gasteiger partial charge < -0.3 is 20.3 Å². The van der Waals surface area contributed by atoms with Gasteiger partial charge in [-0.25, -0.2) is 4.98 Å². The van der Waals surface area contributed by atoms with Crippen LogP contribution in [-0.4, -0.2) is 51.4 Å². The van der Waals surface area contributed by atoms with Crippen LogP contribution in [0.2, 0.25) is 0 Å². The minimum absolute atomic E-state index is 0.0568. The van der Waals surface area contributed by atoms with Gasteiger partial charge in [-0.1, -0.05) is 6.07 Å². The molecule has 0 bridgehead atoms. The van der Waals surface area contributed by atoms with Gasteiger partial charge in [0, 0.05) is 25.9 Å². The third-order valence-corrected chi connectivity index (χ3v) is 3.73. The number of phenolic OH excluding ortho intramolecular Hbond substituents is 1. The summed E-state index contributed by atoms with van der Waals surface area (Å²) in [5.74, 6) is -0.0840. The lowest BCUT2D eigenvalue weighted by Crippen LogP contribution is -2.50. The van der Waals surface area contributed by atoms with Crippen LogP contribution in [0.15, 0.2) is 23.0 Å². The fourth-order valence-corrected chi connectivity index (χ4v) is 2.55. The molecule has 0 atom stereocenters. The number of hydrogen-bond acceptors (Lipinski definition) is 5. The van der Waals surface area contributed by atoms with Gasteiger partial charge in [0.05, 0.1) is 11.9 Å². The van der Waals surface area contributed by atoms with Gasteiger partial charge in [-0.15, -0.1) is 0 Å². The number of rotatable bonds is 3. The van der Waals surface area contributed by atoms with E-state index in [1.54, 1.807) is 12.1 Å². The van der Waals surface area contributed by atoms with Crippen molar-refractivity contribution in [2.45, 2.75) is 12.8 Å². The second-order valence-corrected chi connectivity index (χ2v) is 5.35. The third kappa shape index (κ3) is 3.15. The summed E-state index contributed by atoms with van der Waals surface area (Å²) in [6, 6.07) is 4.59. The van der Waals surface area contributed by atoms with Crippen LogP contribution in [0.25, 0.3) is 10.9 Å².